The number of nitrogens with zero attached hydrogens (tertiary/aromatic N) is 2. The van der Waals surface area contributed by atoms with E-state index in [2.05, 4.69) is 15.3 Å². The number of likely N-dealkylation sites (tertiary alicyclic amines) is 1. The van der Waals surface area contributed by atoms with E-state index in [1.54, 1.807) is 18.5 Å². The second-order valence-electron chi connectivity index (χ2n) is 5.23. The fourth-order valence-corrected chi connectivity index (χ4v) is 2.58. The van der Waals surface area contributed by atoms with Gasteiger partial charge >= 0.3 is 0 Å². The van der Waals surface area contributed by atoms with Crippen molar-refractivity contribution in [2.24, 2.45) is 0 Å². The number of aromatic nitrogens is 2. The summed E-state index contributed by atoms with van der Waals surface area (Å²) in [4.78, 5) is 32.7. The monoisotopic (exact) mass is 286 g/mol. The molecule has 1 aliphatic heterocycles. The molecule has 0 saturated carbocycles. The van der Waals surface area contributed by atoms with Crippen LogP contribution >= 0.6 is 0 Å². The van der Waals surface area contributed by atoms with Gasteiger partial charge in [0.25, 0.3) is 5.91 Å². The van der Waals surface area contributed by atoms with Gasteiger partial charge in [0.05, 0.1) is 17.4 Å². The highest BCUT2D eigenvalue weighted by Gasteiger charge is 2.17. The number of hydrogen-bond donors (Lipinski definition) is 2. The maximum atomic E-state index is 12.1. The van der Waals surface area contributed by atoms with Gasteiger partial charge in [-0.05, 0) is 31.0 Å². The van der Waals surface area contributed by atoms with Crippen LogP contribution in [0.2, 0.25) is 0 Å². The molecular formula is C15H18N4O2. The minimum Gasteiger partial charge on any atom is -0.350 e. The Balaban J connectivity index is 1.54. The molecule has 1 aromatic heterocycles. The SMILES string of the molecule is O=C(NCCN1CCCCC1=O)c1ccc2nc[nH]c2c1. The lowest BCUT2D eigenvalue weighted by atomic mass is 10.1. The van der Waals surface area contributed by atoms with Crippen molar-refractivity contribution < 1.29 is 9.59 Å². The van der Waals surface area contributed by atoms with Gasteiger partial charge in [-0.1, -0.05) is 0 Å². The molecule has 6 heteroatoms. The fraction of sp³-hybridized carbons (Fsp3) is 0.400. The zero-order valence-corrected chi connectivity index (χ0v) is 11.8. The number of fused-ring (bicyclic) bond motifs is 1. The van der Waals surface area contributed by atoms with E-state index in [1.165, 1.54) is 0 Å². The van der Waals surface area contributed by atoms with E-state index in [4.69, 9.17) is 0 Å². The summed E-state index contributed by atoms with van der Waals surface area (Å²) in [7, 11) is 0. The first kappa shape index (κ1) is 13.6. The van der Waals surface area contributed by atoms with E-state index in [1.807, 2.05) is 11.0 Å². The molecule has 2 amide bonds. The van der Waals surface area contributed by atoms with Crippen LogP contribution in [-0.4, -0.2) is 46.3 Å². The predicted octanol–water partition coefficient (Wildman–Crippen LogP) is 1.31. The third-order valence-electron chi connectivity index (χ3n) is 3.77. The summed E-state index contributed by atoms with van der Waals surface area (Å²) in [5.74, 6) is 0.0605. The molecule has 0 aliphatic carbocycles. The second-order valence-corrected chi connectivity index (χ2v) is 5.23. The number of carbonyl (C=O) groups excluding carboxylic acids is 2. The number of amides is 2. The van der Waals surface area contributed by atoms with E-state index in [9.17, 15) is 9.59 Å². The average Bonchev–Trinajstić information content (AvgIpc) is 2.96. The van der Waals surface area contributed by atoms with Gasteiger partial charge in [-0.3, -0.25) is 9.59 Å². The van der Waals surface area contributed by atoms with Crippen LogP contribution < -0.4 is 5.32 Å². The number of benzene rings is 1. The summed E-state index contributed by atoms with van der Waals surface area (Å²) in [6.07, 6.45) is 4.26. The molecule has 21 heavy (non-hydrogen) atoms. The molecule has 6 nitrogen and oxygen atoms in total. The van der Waals surface area contributed by atoms with Gasteiger partial charge in [0.2, 0.25) is 5.91 Å². The normalized spacial score (nSPS) is 15.4. The quantitative estimate of drug-likeness (QED) is 0.889. The van der Waals surface area contributed by atoms with Crippen LogP contribution in [0.25, 0.3) is 11.0 Å². The summed E-state index contributed by atoms with van der Waals surface area (Å²) in [6, 6.07) is 5.35. The first-order valence-corrected chi connectivity index (χ1v) is 7.23. The van der Waals surface area contributed by atoms with Crippen LogP contribution in [0.5, 0.6) is 0 Å². The van der Waals surface area contributed by atoms with Crippen LogP contribution in [0, 0.1) is 0 Å². The highest BCUT2D eigenvalue weighted by Crippen LogP contribution is 2.12. The maximum absolute atomic E-state index is 12.1. The lowest BCUT2D eigenvalue weighted by Crippen LogP contribution is -2.41. The molecule has 1 fully saturated rings. The van der Waals surface area contributed by atoms with Crippen molar-refractivity contribution in [3.63, 3.8) is 0 Å². The van der Waals surface area contributed by atoms with Gasteiger partial charge in [0.15, 0.2) is 0 Å². The van der Waals surface area contributed by atoms with Crippen molar-refractivity contribution in [2.75, 3.05) is 19.6 Å². The van der Waals surface area contributed by atoms with Crippen molar-refractivity contribution in [2.45, 2.75) is 19.3 Å². The summed E-state index contributed by atoms with van der Waals surface area (Å²) in [5.41, 5.74) is 2.27. The number of hydrogen-bond acceptors (Lipinski definition) is 3. The first-order chi connectivity index (χ1) is 10.2. The summed E-state index contributed by atoms with van der Waals surface area (Å²) in [5, 5.41) is 2.86. The smallest absolute Gasteiger partial charge is 0.251 e. The molecule has 2 aromatic rings. The zero-order valence-electron chi connectivity index (χ0n) is 11.8. The maximum Gasteiger partial charge on any atom is 0.251 e. The summed E-state index contributed by atoms with van der Waals surface area (Å²) < 4.78 is 0. The number of piperidine rings is 1. The van der Waals surface area contributed by atoms with Gasteiger partial charge in [-0.2, -0.15) is 0 Å². The fourth-order valence-electron chi connectivity index (χ4n) is 2.58. The first-order valence-electron chi connectivity index (χ1n) is 7.23. The Bertz CT molecular complexity index is 664. The Morgan fingerprint density at radius 2 is 2.29 bits per heavy atom. The average molecular weight is 286 g/mol. The van der Waals surface area contributed by atoms with Crippen LogP contribution in [0.3, 0.4) is 0 Å². The van der Waals surface area contributed by atoms with Gasteiger partial charge < -0.3 is 15.2 Å². The van der Waals surface area contributed by atoms with Crippen molar-refractivity contribution >= 4 is 22.8 Å². The molecule has 0 bridgehead atoms. The van der Waals surface area contributed by atoms with Crippen molar-refractivity contribution in [3.05, 3.63) is 30.1 Å². The van der Waals surface area contributed by atoms with Crippen molar-refractivity contribution in [1.29, 1.82) is 0 Å². The Labute approximate surface area is 122 Å². The molecule has 1 aliphatic rings. The molecule has 110 valence electrons. The van der Waals surface area contributed by atoms with Gasteiger partial charge in [0, 0.05) is 31.6 Å². The molecule has 2 N–H and O–H groups in total. The Hall–Kier alpha value is -2.37. The molecule has 0 atom stereocenters. The lowest BCUT2D eigenvalue weighted by Gasteiger charge is -2.26. The third-order valence-corrected chi connectivity index (χ3v) is 3.77. The number of aromatic amines is 1. The van der Waals surface area contributed by atoms with Crippen LogP contribution in [-0.2, 0) is 4.79 Å². The Kier molecular flexibility index (Phi) is 3.85. The molecule has 1 saturated heterocycles. The van der Waals surface area contributed by atoms with Crippen LogP contribution in [0.4, 0.5) is 0 Å². The van der Waals surface area contributed by atoms with E-state index >= 15 is 0 Å². The molecule has 3 rings (SSSR count). The standard InChI is InChI=1S/C15H18N4O2/c20-14-3-1-2-7-19(14)8-6-16-15(21)11-4-5-12-13(9-11)18-10-17-12/h4-5,9-10H,1-3,6-8H2,(H,16,21)(H,17,18). The minimum atomic E-state index is -0.129. The van der Waals surface area contributed by atoms with E-state index in [0.29, 0.717) is 25.1 Å². The number of H-pyrrole nitrogens is 1. The number of carbonyl (C=O) groups is 2. The number of nitrogens with one attached hydrogen (secondary N) is 2. The highest BCUT2D eigenvalue weighted by atomic mass is 16.2. The largest absolute Gasteiger partial charge is 0.350 e. The Morgan fingerprint density at radius 1 is 1.38 bits per heavy atom. The Morgan fingerprint density at radius 3 is 3.14 bits per heavy atom. The van der Waals surface area contributed by atoms with Crippen LogP contribution in [0.1, 0.15) is 29.6 Å². The van der Waals surface area contributed by atoms with Gasteiger partial charge in [0.1, 0.15) is 0 Å². The lowest BCUT2D eigenvalue weighted by molar-refractivity contribution is -0.133. The molecule has 0 unspecified atom stereocenters. The van der Waals surface area contributed by atoms with E-state index in [0.717, 1.165) is 30.4 Å². The summed E-state index contributed by atoms with van der Waals surface area (Å²) >= 11 is 0. The third kappa shape index (κ3) is 3.04. The van der Waals surface area contributed by atoms with Crippen molar-refractivity contribution in [3.8, 4) is 0 Å². The van der Waals surface area contributed by atoms with E-state index < -0.39 is 0 Å². The molecule has 0 spiro atoms. The second kappa shape index (κ2) is 5.95. The molecule has 0 radical (unpaired) electrons. The molecular weight excluding hydrogens is 268 g/mol. The molecule has 1 aromatic carbocycles. The van der Waals surface area contributed by atoms with Gasteiger partial charge in [-0.15, -0.1) is 0 Å². The number of rotatable bonds is 4. The minimum absolute atomic E-state index is 0.129. The highest BCUT2D eigenvalue weighted by molar-refractivity contribution is 5.97. The topological polar surface area (TPSA) is 78.1 Å². The predicted molar refractivity (Wildman–Crippen MR) is 78.9 cm³/mol. The zero-order chi connectivity index (χ0) is 14.7. The molecule has 2 heterocycles. The van der Waals surface area contributed by atoms with Crippen molar-refractivity contribution in [1.82, 2.24) is 20.2 Å². The van der Waals surface area contributed by atoms with Gasteiger partial charge in [-0.25, -0.2) is 4.98 Å². The van der Waals surface area contributed by atoms with Crippen LogP contribution in [0.15, 0.2) is 24.5 Å². The summed E-state index contributed by atoms with van der Waals surface area (Å²) in [6.45, 7) is 1.86. The van der Waals surface area contributed by atoms with E-state index in [-0.39, 0.29) is 11.8 Å². The number of imidazole rings is 1.